The Bertz CT molecular complexity index is 361. The van der Waals surface area contributed by atoms with Crippen molar-refractivity contribution in [2.75, 3.05) is 13.1 Å². The Morgan fingerprint density at radius 2 is 2.27 bits per heavy atom. The van der Waals surface area contributed by atoms with Crippen molar-refractivity contribution in [3.05, 3.63) is 23.8 Å². The smallest absolute Gasteiger partial charge is 0.274 e. The molecule has 1 amide bonds. The predicted octanol–water partition coefficient (Wildman–Crippen LogP) is 1.27. The normalized spacial score (nSPS) is 20.7. The third kappa shape index (κ3) is 2.14. The Balaban J connectivity index is 2.11. The maximum absolute atomic E-state index is 11.9. The van der Waals surface area contributed by atoms with Gasteiger partial charge in [-0.3, -0.25) is 9.78 Å². The molecule has 2 heterocycles. The summed E-state index contributed by atoms with van der Waals surface area (Å²) in [5.41, 5.74) is 1.29. The maximum atomic E-state index is 11.9. The molecular weight excluding hydrogens is 190 g/mol. The predicted molar refractivity (Wildman–Crippen MR) is 56.5 cm³/mol. The van der Waals surface area contributed by atoms with Crippen LogP contribution in [0.3, 0.4) is 0 Å². The van der Waals surface area contributed by atoms with Crippen LogP contribution in [0.25, 0.3) is 0 Å². The lowest BCUT2D eigenvalue weighted by Crippen LogP contribution is -2.29. The van der Waals surface area contributed by atoms with E-state index in [9.17, 15) is 4.79 Å². The molecule has 1 aromatic heterocycles. The van der Waals surface area contributed by atoms with E-state index in [1.807, 2.05) is 11.8 Å². The monoisotopic (exact) mass is 205 g/mol. The van der Waals surface area contributed by atoms with Crippen LogP contribution in [0.4, 0.5) is 0 Å². The highest BCUT2D eigenvalue weighted by Gasteiger charge is 2.24. The molecule has 1 fully saturated rings. The maximum Gasteiger partial charge on any atom is 0.274 e. The van der Waals surface area contributed by atoms with E-state index in [0.29, 0.717) is 11.6 Å². The number of carbonyl (C=O) groups excluding carboxylic acids is 1. The summed E-state index contributed by atoms with van der Waals surface area (Å²) in [5, 5.41) is 0. The number of aryl methyl sites for hydroxylation is 1. The number of hydrogen-bond acceptors (Lipinski definition) is 3. The Kier molecular flexibility index (Phi) is 2.66. The zero-order valence-electron chi connectivity index (χ0n) is 9.10. The zero-order valence-corrected chi connectivity index (χ0v) is 9.10. The second-order valence-electron chi connectivity index (χ2n) is 4.19. The van der Waals surface area contributed by atoms with Crippen LogP contribution in [0.2, 0.25) is 0 Å². The molecule has 0 aromatic carbocycles. The molecule has 2 rings (SSSR count). The largest absolute Gasteiger partial charge is 0.337 e. The molecule has 1 aromatic rings. The van der Waals surface area contributed by atoms with Gasteiger partial charge in [0.25, 0.3) is 5.91 Å². The third-order valence-corrected chi connectivity index (χ3v) is 2.71. The van der Waals surface area contributed by atoms with Gasteiger partial charge in [-0.1, -0.05) is 6.92 Å². The first-order valence-corrected chi connectivity index (χ1v) is 5.24. The summed E-state index contributed by atoms with van der Waals surface area (Å²) in [4.78, 5) is 22.0. The minimum atomic E-state index is 0.00634. The van der Waals surface area contributed by atoms with E-state index >= 15 is 0 Å². The fourth-order valence-electron chi connectivity index (χ4n) is 1.78. The van der Waals surface area contributed by atoms with Crippen LogP contribution < -0.4 is 0 Å². The van der Waals surface area contributed by atoms with Crippen molar-refractivity contribution in [1.29, 1.82) is 0 Å². The molecule has 15 heavy (non-hydrogen) atoms. The van der Waals surface area contributed by atoms with Crippen molar-refractivity contribution in [2.24, 2.45) is 5.92 Å². The quantitative estimate of drug-likeness (QED) is 0.693. The first-order valence-electron chi connectivity index (χ1n) is 5.24. The number of nitrogens with zero attached hydrogens (tertiary/aromatic N) is 3. The number of amides is 1. The average Bonchev–Trinajstić information content (AvgIpc) is 2.65. The summed E-state index contributed by atoms with van der Waals surface area (Å²) in [6, 6.07) is 0. The van der Waals surface area contributed by atoms with Crippen LogP contribution in [-0.4, -0.2) is 33.9 Å². The molecule has 0 spiro atoms. The van der Waals surface area contributed by atoms with E-state index in [4.69, 9.17) is 0 Å². The summed E-state index contributed by atoms with van der Waals surface area (Å²) < 4.78 is 0. The van der Waals surface area contributed by atoms with Crippen molar-refractivity contribution in [2.45, 2.75) is 20.3 Å². The topological polar surface area (TPSA) is 46.1 Å². The van der Waals surface area contributed by atoms with Gasteiger partial charge in [0.05, 0.1) is 11.9 Å². The molecule has 1 atom stereocenters. The molecule has 0 saturated carbocycles. The highest BCUT2D eigenvalue weighted by Crippen LogP contribution is 2.16. The van der Waals surface area contributed by atoms with E-state index in [2.05, 4.69) is 16.9 Å². The molecule has 1 aliphatic rings. The molecule has 0 N–H and O–H groups in total. The van der Waals surface area contributed by atoms with Gasteiger partial charge >= 0.3 is 0 Å². The molecule has 1 aliphatic heterocycles. The summed E-state index contributed by atoms with van der Waals surface area (Å²) >= 11 is 0. The zero-order chi connectivity index (χ0) is 10.8. The van der Waals surface area contributed by atoms with Crippen molar-refractivity contribution in [1.82, 2.24) is 14.9 Å². The van der Waals surface area contributed by atoms with Crippen LogP contribution in [0.1, 0.15) is 29.5 Å². The number of likely N-dealkylation sites (tertiary alicyclic amines) is 1. The highest BCUT2D eigenvalue weighted by atomic mass is 16.2. The molecule has 1 unspecified atom stereocenters. The molecule has 4 nitrogen and oxygen atoms in total. The van der Waals surface area contributed by atoms with Gasteiger partial charge in [-0.2, -0.15) is 0 Å². The molecule has 0 radical (unpaired) electrons. The van der Waals surface area contributed by atoms with Crippen molar-refractivity contribution >= 4 is 5.91 Å². The minimum absolute atomic E-state index is 0.00634. The van der Waals surface area contributed by atoms with Gasteiger partial charge < -0.3 is 4.90 Å². The number of hydrogen-bond donors (Lipinski definition) is 0. The fraction of sp³-hybridized carbons (Fsp3) is 0.545. The first-order chi connectivity index (χ1) is 7.16. The molecule has 80 valence electrons. The third-order valence-electron chi connectivity index (χ3n) is 2.71. The van der Waals surface area contributed by atoms with Gasteiger partial charge in [0.2, 0.25) is 0 Å². The number of aromatic nitrogens is 2. The van der Waals surface area contributed by atoms with Crippen molar-refractivity contribution in [3.8, 4) is 0 Å². The van der Waals surface area contributed by atoms with E-state index in [0.717, 1.165) is 25.2 Å². The minimum Gasteiger partial charge on any atom is -0.337 e. The summed E-state index contributed by atoms with van der Waals surface area (Å²) in [5.74, 6) is 0.610. The first kappa shape index (κ1) is 10.1. The highest BCUT2D eigenvalue weighted by molar-refractivity contribution is 5.92. The fourth-order valence-corrected chi connectivity index (χ4v) is 1.78. The standard InChI is InChI=1S/C11H15N3O/c1-8-3-4-14(7-8)11(15)10-6-12-9(2)5-13-10/h5-6,8H,3-4,7H2,1-2H3. The van der Waals surface area contributed by atoms with E-state index in [1.165, 1.54) is 0 Å². The van der Waals surface area contributed by atoms with E-state index < -0.39 is 0 Å². The van der Waals surface area contributed by atoms with Crippen LogP contribution in [0.5, 0.6) is 0 Å². The van der Waals surface area contributed by atoms with Gasteiger partial charge in [-0.25, -0.2) is 4.98 Å². The Morgan fingerprint density at radius 1 is 1.47 bits per heavy atom. The van der Waals surface area contributed by atoms with Crippen LogP contribution >= 0.6 is 0 Å². The molecule has 1 saturated heterocycles. The number of rotatable bonds is 1. The summed E-state index contributed by atoms with van der Waals surface area (Å²) in [7, 11) is 0. The van der Waals surface area contributed by atoms with Gasteiger partial charge in [-0.15, -0.1) is 0 Å². The van der Waals surface area contributed by atoms with E-state index in [-0.39, 0.29) is 5.91 Å². The van der Waals surface area contributed by atoms with Crippen molar-refractivity contribution < 1.29 is 4.79 Å². The lowest BCUT2D eigenvalue weighted by atomic mass is 10.2. The summed E-state index contributed by atoms with van der Waals surface area (Å²) in [6.45, 7) is 5.71. The van der Waals surface area contributed by atoms with Gasteiger partial charge in [-0.05, 0) is 19.3 Å². The molecule has 0 aliphatic carbocycles. The lowest BCUT2D eigenvalue weighted by Gasteiger charge is -2.14. The average molecular weight is 205 g/mol. The Labute approximate surface area is 89.3 Å². The van der Waals surface area contributed by atoms with Crippen LogP contribution in [0.15, 0.2) is 12.4 Å². The molecule has 4 heteroatoms. The van der Waals surface area contributed by atoms with Gasteiger partial charge in [0.15, 0.2) is 0 Å². The SMILES string of the molecule is Cc1cnc(C(=O)N2CCC(C)C2)cn1. The Hall–Kier alpha value is -1.45. The van der Waals surface area contributed by atoms with Crippen LogP contribution in [-0.2, 0) is 0 Å². The van der Waals surface area contributed by atoms with Crippen LogP contribution in [0, 0.1) is 12.8 Å². The second-order valence-corrected chi connectivity index (χ2v) is 4.19. The van der Waals surface area contributed by atoms with Gasteiger partial charge in [0, 0.05) is 19.3 Å². The molecule has 0 bridgehead atoms. The van der Waals surface area contributed by atoms with Gasteiger partial charge in [0.1, 0.15) is 5.69 Å². The Morgan fingerprint density at radius 3 is 2.80 bits per heavy atom. The lowest BCUT2D eigenvalue weighted by molar-refractivity contribution is 0.0782. The summed E-state index contributed by atoms with van der Waals surface area (Å²) in [6.07, 6.45) is 4.28. The van der Waals surface area contributed by atoms with E-state index in [1.54, 1.807) is 12.4 Å². The molecular formula is C11H15N3O. The second kappa shape index (κ2) is 3.96. The number of carbonyl (C=O) groups is 1. The van der Waals surface area contributed by atoms with Crippen molar-refractivity contribution in [3.63, 3.8) is 0 Å².